The number of hydrogen-bond acceptors (Lipinski definition) is 6. The summed E-state index contributed by atoms with van der Waals surface area (Å²) in [5.74, 6) is 1.54. The Morgan fingerprint density at radius 1 is 1.11 bits per heavy atom. The molecule has 6 rings (SSSR count). The second-order valence-corrected chi connectivity index (χ2v) is 10.5. The molecule has 0 unspecified atom stereocenters. The lowest BCUT2D eigenvalue weighted by atomic mass is 9.96. The van der Waals surface area contributed by atoms with Crippen LogP contribution >= 0.6 is 11.3 Å². The third-order valence-corrected chi connectivity index (χ3v) is 8.25. The third-order valence-electron chi connectivity index (χ3n) is 7.13. The standard InChI is InChI=1S/C29H29N5O3S/c1-3-33(27(35)19-11-14-30-15-12-19)28-25-24-23(13-16-31-26(24)38-28)34(29(36)32-25)22-10-9-21(17-18(22)2)37-20-7-5-4-6-8-20/h4-10,13,16-17,19,30H,3,11-12,14-15H2,1-2H3,(H,32,36). The van der Waals surface area contributed by atoms with Crippen LogP contribution in [0.3, 0.4) is 0 Å². The number of ether oxygens (including phenoxy) is 1. The Labute approximate surface area is 225 Å². The van der Waals surface area contributed by atoms with Crippen LogP contribution in [0, 0.1) is 12.8 Å². The molecule has 0 radical (unpaired) electrons. The molecule has 2 aromatic carbocycles. The molecule has 38 heavy (non-hydrogen) atoms. The van der Waals surface area contributed by atoms with Gasteiger partial charge in [-0.2, -0.15) is 0 Å². The van der Waals surface area contributed by atoms with Crippen molar-refractivity contribution in [3.63, 3.8) is 0 Å². The Morgan fingerprint density at radius 3 is 2.63 bits per heavy atom. The van der Waals surface area contributed by atoms with Gasteiger partial charge in [-0.15, -0.1) is 0 Å². The van der Waals surface area contributed by atoms with Crippen molar-refractivity contribution in [3.05, 3.63) is 66.4 Å². The highest BCUT2D eigenvalue weighted by molar-refractivity contribution is 7.23. The number of carbonyl (C=O) groups is 2. The SMILES string of the molecule is CCN(C(=O)C1CCNCC1)c1sc2nccc3c2c1NC(=O)N3c1ccc(Oc2ccccc2)cc1C. The largest absolute Gasteiger partial charge is 0.457 e. The van der Waals surface area contributed by atoms with E-state index in [9.17, 15) is 9.59 Å². The van der Waals surface area contributed by atoms with Crippen LogP contribution in [0.1, 0.15) is 25.3 Å². The molecule has 0 atom stereocenters. The minimum atomic E-state index is -0.269. The first-order chi connectivity index (χ1) is 18.5. The fraction of sp³-hybridized carbons (Fsp3) is 0.276. The highest BCUT2D eigenvalue weighted by Gasteiger charge is 2.35. The summed E-state index contributed by atoms with van der Waals surface area (Å²) in [5, 5.41) is 8.03. The van der Waals surface area contributed by atoms with Gasteiger partial charge in [-0.05, 0) is 81.7 Å². The Bertz CT molecular complexity index is 1510. The summed E-state index contributed by atoms with van der Waals surface area (Å²) in [6, 6.07) is 16.9. The predicted molar refractivity (Wildman–Crippen MR) is 152 cm³/mol. The zero-order valence-corrected chi connectivity index (χ0v) is 22.2. The number of hydrogen-bond donors (Lipinski definition) is 2. The number of nitrogens with one attached hydrogen (secondary N) is 2. The number of thiophene rings is 1. The summed E-state index contributed by atoms with van der Waals surface area (Å²) in [5.41, 5.74) is 3.07. The zero-order chi connectivity index (χ0) is 26.2. The van der Waals surface area contributed by atoms with E-state index in [1.807, 2.05) is 73.3 Å². The predicted octanol–water partition coefficient (Wildman–Crippen LogP) is 6.43. The van der Waals surface area contributed by atoms with Crippen LogP contribution in [0.5, 0.6) is 11.5 Å². The first kappa shape index (κ1) is 24.4. The molecule has 0 saturated carbocycles. The smallest absolute Gasteiger partial charge is 0.331 e. The number of aryl methyl sites for hydroxylation is 1. The van der Waals surface area contributed by atoms with E-state index in [0.29, 0.717) is 18.0 Å². The molecule has 1 fully saturated rings. The Morgan fingerprint density at radius 2 is 1.89 bits per heavy atom. The topological polar surface area (TPSA) is 86.8 Å². The van der Waals surface area contributed by atoms with Gasteiger partial charge >= 0.3 is 6.03 Å². The molecule has 0 spiro atoms. The molecule has 8 nitrogen and oxygen atoms in total. The average Bonchev–Trinajstić information content (AvgIpc) is 3.30. The van der Waals surface area contributed by atoms with Crippen molar-refractivity contribution in [1.29, 1.82) is 0 Å². The molecule has 4 heterocycles. The van der Waals surface area contributed by atoms with Crippen molar-refractivity contribution in [2.45, 2.75) is 26.7 Å². The Balaban J connectivity index is 1.37. The number of aromatic nitrogens is 1. The second kappa shape index (κ2) is 10.1. The minimum absolute atomic E-state index is 0.0175. The van der Waals surface area contributed by atoms with Gasteiger partial charge in [0, 0.05) is 18.7 Å². The number of carbonyl (C=O) groups excluding carboxylic acids is 2. The van der Waals surface area contributed by atoms with Crippen molar-refractivity contribution in [2.75, 3.05) is 34.8 Å². The fourth-order valence-corrected chi connectivity index (χ4v) is 6.44. The van der Waals surface area contributed by atoms with Gasteiger partial charge in [-0.3, -0.25) is 9.69 Å². The monoisotopic (exact) mass is 527 g/mol. The molecule has 2 aliphatic heterocycles. The molecule has 4 aromatic rings. The maximum absolute atomic E-state index is 13.6. The highest BCUT2D eigenvalue weighted by Crippen LogP contribution is 2.50. The van der Waals surface area contributed by atoms with Crippen LogP contribution in [-0.4, -0.2) is 36.6 Å². The summed E-state index contributed by atoms with van der Waals surface area (Å²) in [7, 11) is 0. The maximum atomic E-state index is 13.6. The van der Waals surface area contributed by atoms with E-state index in [4.69, 9.17) is 4.74 Å². The quantitative estimate of drug-likeness (QED) is 0.302. The first-order valence-electron chi connectivity index (χ1n) is 12.9. The highest BCUT2D eigenvalue weighted by atomic mass is 32.1. The molecule has 3 amide bonds. The van der Waals surface area contributed by atoms with Gasteiger partial charge in [0.15, 0.2) is 0 Å². The summed E-state index contributed by atoms with van der Waals surface area (Å²) >= 11 is 1.45. The lowest BCUT2D eigenvalue weighted by molar-refractivity contribution is -0.123. The first-order valence-corrected chi connectivity index (χ1v) is 13.7. The van der Waals surface area contributed by atoms with Crippen molar-refractivity contribution in [2.24, 2.45) is 5.92 Å². The van der Waals surface area contributed by atoms with Gasteiger partial charge in [0.05, 0.1) is 22.4 Å². The van der Waals surface area contributed by atoms with Gasteiger partial charge < -0.3 is 20.3 Å². The molecular weight excluding hydrogens is 498 g/mol. The zero-order valence-electron chi connectivity index (χ0n) is 21.4. The molecule has 2 aromatic heterocycles. The van der Waals surface area contributed by atoms with Crippen LogP contribution in [0.2, 0.25) is 0 Å². The number of para-hydroxylation sites is 1. The van der Waals surface area contributed by atoms with Crippen LogP contribution < -0.4 is 25.2 Å². The van der Waals surface area contributed by atoms with Gasteiger partial charge in [0.25, 0.3) is 0 Å². The van der Waals surface area contributed by atoms with Crippen LogP contribution in [0.4, 0.5) is 26.9 Å². The summed E-state index contributed by atoms with van der Waals surface area (Å²) in [6.45, 7) is 6.16. The van der Waals surface area contributed by atoms with Gasteiger partial charge in [-0.25, -0.2) is 9.78 Å². The number of benzene rings is 2. The van der Waals surface area contributed by atoms with Gasteiger partial charge in [0.2, 0.25) is 5.91 Å². The summed E-state index contributed by atoms with van der Waals surface area (Å²) in [4.78, 5) is 36.0. The van der Waals surface area contributed by atoms with Crippen LogP contribution in [0.15, 0.2) is 60.8 Å². The number of anilines is 4. The normalized spacial score (nSPS) is 15.4. The van der Waals surface area contributed by atoms with E-state index < -0.39 is 0 Å². The molecule has 1 saturated heterocycles. The van der Waals surface area contributed by atoms with E-state index >= 15 is 0 Å². The number of nitrogens with zero attached hydrogens (tertiary/aromatic N) is 3. The van der Waals surface area contributed by atoms with E-state index in [1.54, 1.807) is 11.1 Å². The van der Waals surface area contributed by atoms with Crippen LogP contribution in [-0.2, 0) is 4.79 Å². The molecule has 2 aliphatic rings. The Hall–Kier alpha value is -3.95. The lowest BCUT2D eigenvalue weighted by Gasteiger charge is -2.32. The average molecular weight is 528 g/mol. The van der Waals surface area contributed by atoms with Crippen molar-refractivity contribution in [1.82, 2.24) is 10.3 Å². The van der Waals surface area contributed by atoms with Crippen molar-refractivity contribution >= 4 is 55.6 Å². The van der Waals surface area contributed by atoms with Crippen molar-refractivity contribution in [3.8, 4) is 11.5 Å². The third kappa shape index (κ3) is 4.27. The lowest BCUT2D eigenvalue weighted by Crippen LogP contribution is -2.41. The molecule has 0 bridgehead atoms. The fourth-order valence-electron chi connectivity index (χ4n) is 5.25. The van der Waals surface area contributed by atoms with E-state index in [2.05, 4.69) is 15.6 Å². The number of rotatable bonds is 6. The van der Waals surface area contributed by atoms with E-state index in [-0.39, 0.29) is 17.9 Å². The number of urea groups is 1. The number of piperidine rings is 1. The molecule has 194 valence electrons. The molecular formula is C29H29N5O3S. The molecule has 2 N–H and O–H groups in total. The van der Waals surface area contributed by atoms with Crippen molar-refractivity contribution < 1.29 is 14.3 Å². The van der Waals surface area contributed by atoms with E-state index in [1.165, 1.54) is 11.3 Å². The number of pyridine rings is 1. The number of amides is 3. The van der Waals surface area contributed by atoms with Gasteiger partial charge in [-0.1, -0.05) is 29.5 Å². The Kier molecular flexibility index (Phi) is 6.47. The molecule has 0 aliphatic carbocycles. The second-order valence-electron chi connectivity index (χ2n) is 9.53. The maximum Gasteiger partial charge on any atom is 0.331 e. The molecule has 9 heteroatoms. The summed E-state index contributed by atoms with van der Waals surface area (Å²) < 4.78 is 5.99. The minimum Gasteiger partial charge on any atom is -0.457 e. The van der Waals surface area contributed by atoms with E-state index in [0.717, 1.165) is 63.8 Å². The van der Waals surface area contributed by atoms with Gasteiger partial charge in [0.1, 0.15) is 21.3 Å². The van der Waals surface area contributed by atoms with Crippen LogP contribution in [0.25, 0.3) is 10.2 Å². The summed E-state index contributed by atoms with van der Waals surface area (Å²) in [6.07, 6.45) is 3.37.